The van der Waals surface area contributed by atoms with Crippen molar-refractivity contribution in [2.24, 2.45) is 17.4 Å². The van der Waals surface area contributed by atoms with Gasteiger partial charge in [-0.15, -0.1) is 0 Å². The van der Waals surface area contributed by atoms with Gasteiger partial charge in [-0.25, -0.2) is 4.79 Å². The van der Waals surface area contributed by atoms with Crippen LogP contribution in [0.25, 0.3) is 0 Å². The van der Waals surface area contributed by atoms with Crippen molar-refractivity contribution < 1.29 is 32.7 Å². The molecule has 0 fully saturated rings. The number of nitrogens with one attached hydrogen (secondary N) is 1. The number of ketones is 2. The molecule has 10 heteroatoms. The second-order valence-corrected chi connectivity index (χ2v) is 9.36. The van der Waals surface area contributed by atoms with Crippen LogP contribution in [0.15, 0.2) is 91.0 Å². The van der Waals surface area contributed by atoms with Gasteiger partial charge >= 0.3 is 12.0 Å². The molecule has 0 radical (unpaired) electrons. The Morgan fingerprint density at radius 2 is 1.35 bits per heavy atom. The van der Waals surface area contributed by atoms with Crippen LogP contribution in [-0.4, -0.2) is 35.5 Å². The van der Waals surface area contributed by atoms with Crippen LogP contribution in [0.3, 0.4) is 0 Å². The van der Waals surface area contributed by atoms with Gasteiger partial charge in [-0.2, -0.15) is 8.78 Å². The van der Waals surface area contributed by atoms with Gasteiger partial charge in [-0.3, -0.25) is 14.4 Å². The van der Waals surface area contributed by atoms with Crippen LogP contribution in [0.5, 0.6) is 0 Å². The van der Waals surface area contributed by atoms with Crippen LogP contribution < -0.4 is 16.8 Å². The van der Waals surface area contributed by atoms with Crippen LogP contribution >= 0.6 is 0 Å². The van der Waals surface area contributed by atoms with Gasteiger partial charge in [0.15, 0.2) is 5.78 Å². The summed E-state index contributed by atoms with van der Waals surface area (Å²) in [7, 11) is 0. The molecule has 0 spiro atoms. The molecule has 8 nitrogen and oxygen atoms in total. The zero-order valence-corrected chi connectivity index (χ0v) is 21.7. The third-order valence-electron chi connectivity index (χ3n) is 6.26. The van der Waals surface area contributed by atoms with Crippen LogP contribution in [-0.2, 0) is 32.1 Å². The lowest BCUT2D eigenvalue weighted by atomic mass is 9.83. The van der Waals surface area contributed by atoms with E-state index in [2.05, 4.69) is 5.32 Å². The van der Waals surface area contributed by atoms with E-state index in [-0.39, 0.29) is 13.0 Å². The van der Waals surface area contributed by atoms with E-state index >= 15 is 8.78 Å². The minimum Gasteiger partial charge on any atom is -0.445 e. The summed E-state index contributed by atoms with van der Waals surface area (Å²) in [4.78, 5) is 51.1. The third-order valence-corrected chi connectivity index (χ3v) is 6.26. The summed E-state index contributed by atoms with van der Waals surface area (Å²) in [5.41, 5.74) is 12.7. The Hall–Kier alpha value is -4.44. The molecule has 0 bridgehead atoms. The first-order valence-electron chi connectivity index (χ1n) is 12.6. The number of amides is 2. The van der Waals surface area contributed by atoms with E-state index in [1.807, 2.05) is 0 Å². The first kappa shape index (κ1) is 30.1. The third kappa shape index (κ3) is 8.81. The molecular formula is C30H31F2N3O5. The standard InChI is InChI=1S/C30H31F2N3O5/c31-30(32,18-24(33)22-14-8-3-9-15-22)28(38)23(16-20-10-4-1-5-11-20)27(37)25(17-26(34)36)35-29(39)40-19-21-12-6-2-7-13-21/h1-15,23-25H,16-19,33H2,(H2,34,36)(H,35,39)/t23-,24?,25-/m0/s1. The zero-order valence-electron chi connectivity index (χ0n) is 21.7. The lowest BCUT2D eigenvalue weighted by molar-refractivity contribution is -0.153. The quantitative estimate of drug-likeness (QED) is 0.260. The van der Waals surface area contributed by atoms with Gasteiger partial charge in [0.25, 0.3) is 0 Å². The monoisotopic (exact) mass is 551 g/mol. The molecule has 0 saturated heterocycles. The minimum absolute atomic E-state index is 0.147. The van der Waals surface area contributed by atoms with E-state index in [4.69, 9.17) is 16.2 Å². The smallest absolute Gasteiger partial charge is 0.408 e. The van der Waals surface area contributed by atoms with Crippen molar-refractivity contribution in [1.82, 2.24) is 5.32 Å². The Labute approximate surface area is 230 Å². The Kier molecular flexibility index (Phi) is 10.6. The van der Waals surface area contributed by atoms with Crippen molar-refractivity contribution in [3.8, 4) is 0 Å². The number of rotatable bonds is 14. The summed E-state index contributed by atoms with van der Waals surface area (Å²) in [6.07, 6.45) is -3.22. The van der Waals surface area contributed by atoms with E-state index in [0.717, 1.165) is 0 Å². The molecule has 210 valence electrons. The first-order chi connectivity index (χ1) is 19.1. The molecule has 0 aliphatic heterocycles. The van der Waals surface area contributed by atoms with Gasteiger partial charge in [0.2, 0.25) is 11.7 Å². The van der Waals surface area contributed by atoms with Crippen molar-refractivity contribution in [2.45, 2.75) is 43.9 Å². The zero-order chi connectivity index (χ0) is 29.1. The summed E-state index contributed by atoms with van der Waals surface area (Å²) in [6, 6.07) is 22.0. The minimum atomic E-state index is -3.99. The van der Waals surface area contributed by atoms with Crippen molar-refractivity contribution in [2.75, 3.05) is 0 Å². The number of ether oxygens (including phenoxy) is 1. The van der Waals surface area contributed by atoms with Crippen molar-refractivity contribution >= 4 is 23.6 Å². The fourth-order valence-corrected chi connectivity index (χ4v) is 4.20. The second kappa shape index (κ2) is 14.1. The predicted molar refractivity (Wildman–Crippen MR) is 144 cm³/mol. The number of alkyl carbamates (subject to hydrolysis) is 1. The molecule has 5 N–H and O–H groups in total. The van der Waals surface area contributed by atoms with Crippen molar-refractivity contribution in [3.63, 3.8) is 0 Å². The van der Waals surface area contributed by atoms with E-state index in [0.29, 0.717) is 16.7 Å². The maximum atomic E-state index is 15.4. The number of carbonyl (C=O) groups excluding carboxylic acids is 4. The molecule has 0 aromatic heterocycles. The lowest BCUT2D eigenvalue weighted by Crippen LogP contribution is -2.50. The Morgan fingerprint density at radius 3 is 1.90 bits per heavy atom. The molecule has 0 aliphatic rings. The van der Waals surface area contributed by atoms with Gasteiger partial charge in [0.1, 0.15) is 12.6 Å². The van der Waals surface area contributed by atoms with E-state index in [1.165, 1.54) is 0 Å². The summed E-state index contributed by atoms with van der Waals surface area (Å²) in [5, 5.41) is 2.22. The maximum Gasteiger partial charge on any atom is 0.408 e. The topological polar surface area (TPSA) is 142 Å². The summed E-state index contributed by atoms with van der Waals surface area (Å²) >= 11 is 0. The Balaban J connectivity index is 1.83. The first-order valence-corrected chi connectivity index (χ1v) is 12.6. The lowest BCUT2D eigenvalue weighted by Gasteiger charge is -2.26. The number of hydrogen-bond acceptors (Lipinski definition) is 6. The number of Topliss-reactive ketones (excluding diaryl/α,β-unsaturated/α-hetero) is 2. The number of benzene rings is 3. The molecule has 40 heavy (non-hydrogen) atoms. The largest absolute Gasteiger partial charge is 0.445 e. The van der Waals surface area contributed by atoms with Gasteiger partial charge < -0.3 is 21.5 Å². The molecule has 3 atom stereocenters. The number of carbonyl (C=O) groups is 4. The number of halogens is 2. The number of alkyl halides is 2. The van der Waals surface area contributed by atoms with Crippen molar-refractivity contribution in [3.05, 3.63) is 108 Å². The fourth-order valence-electron chi connectivity index (χ4n) is 4.20. The number of nitrogens with two attached hydrogens (primary N) is 2. The van der Waals surface area contributed by atoms with Gasteiger partial charge in [0, 0.05) is 12.5 Å². The maximum absolute atomic E-state index is 15.4. The molecule has 3 aromatic rings. The molecule has 3 rings (SSSR count). The average Bonchev–Trinajstić information content (AvgIpc) is 2.95. The summed E-state index contributed by atoms with van der Waals surface area (Å²) in [5.74, 6) is -9.63. The Morgan fingerprint density at radius 1 is 0.825 bits per heavy atom. The van der Waals surface area contributed by atoms with Crippen LogP contribution in [0, 0.1) is 5.92 Å². The highest BCUT2D eigenvalue weighted by atomic mass is 19.3. The highest BCUT2D eigenvalue weighted by molar-refractivity contribution is 6.09. The average molecular weight is 552 g/mol. The number of primary amides is 1. The second-order valence-electron chi connectivity index (χ2n) is 9.36. The van der Waals surface area contributed by atoms with Crippen molar-refractivity contribution in [1.29, 1.82) is 0 Å². The molecule has 0 saturated carbocycles. The molecule has 1 unspecified atom stereocenters. The molecule has 2 amide bonds. The molecule has 0 aliphatic carbocycles. The van der Waals surface area contributed by atoms with Gasteiger partial charge in [0.05, 0.1) is 12.3 Å². The van der Waals surface area contributed by atoms with Crippen LogP contribution in [0.2, 0.25) is 0 Å². The fraction of sp³-hybridized carbons (Fsp3) is 0.267. The molecule has 0 heterocycles. The molecular weight excluding hydrogens is 520 g/mol. The highest BCUT2D eigenvalue weighted by Crippen LogP contribution is 2.32. The summed E-state index contributed by atoms with van der Waals surface area (Å²) in [6.45, 7) is -0.147. The van der Waals surface area contributed by atoms with Gasteiger partial charge in [-0.1, -0.05) is 91.0 Å². The van der Waals surface area contributed by atoms with Crippen LogP contribution in [0.1, 0.15) is 35.6 Å². The number of hydrogen-bond donors (Lipinski definition) is 3. The van der Waals surface area contributed by atoms with Gasteiger partial charge in [-0.05, 0) is 23.1 Å². The Bertz CT molecular complexity index is 1290. The van der Waals surface area contributed by atoms with E-state index in [1.54, 1.807) is 91.0 Å². The summed E-state index contributed by atoms with van der Waals surface area (Å²) < 4.78 is 35.9. The SMILES string of the molecule is NC(=O)C[C@H](NC(=O)OCc1ccccc1)C(=O)[C@H](Cc1ccccc1)C(=O)C(F)(F)CC(N)c1ccccc1. The molecule has 3 aromatic carbocycles. The predicted octanol–water partition coefficient (Wildman–Crippen LogP) is 3.88. The van der Waals surface area contributed by atoms with Crippen LogP contribution in [0.4, 0.5) is 13.6 Å². The normalized spacial score (nSPS) is 13.5. The van der Waals surface area contributed by atoms with E-state index in [9.17, 15) is 19.2 Å². The van der Waals surface area contributed by atoms with E-state index < -0.39 is 60.3 Å². The highest BCUT2D eigenvalue weighted by Gasteiger charge is 2.48.